The summed E-state index contributed by atoms with van der Waals surface area (Å²) in [6.45, 7) is 2.08. The van der Waals surface area contributed by atoms with E-state index in [9.17, 15) is 9.59 Å². The Morgan fingerprint density at radius 3 is 2.78 bits per heavy atom. The Morgan fingerprint density at radius 2 is 2.04 bits per heavy atom. The van der Waals surface area contributed by atoms with Gasteiger partial charge in [0.1, 0.15) is 0 Å². The molecule has 0 unspecified atom stereocenters. The summed E-state index contributed by atoms with van der Waals surface area (Å²) >= 11 is 5.87. The fourth-order valence-corrected chi connectivity index (χ4v) is 3.78. The highest BCUT2D eigenvalue weighted by Crippen LogP contribution is 2.37. The number of likely N-dealkylation sites (tertiary alicyclic amines) is 1. The first-order valence-corrected chi connectivity index (χ1v) is 8.77. The first-order chi connectivity index (χ1) is 11.1. The Hall–Kier alpha value is -1.55. The second kappa shape index (κ2) is 6.91. The molecule has 2 saturated heterocycles. The number of hydrogen-bond acceptors (Lipinski definition) is 2. The van der Waals surface area contributed by atoms with Crippen LogP contribution < -0.4 is 5.32 Å². The van der Waals surface area contributed by atoms with Crippen LogP contribution in [0.3, 0.4) is 0 Å². The number of nitrogens with zero attached hydrogens (tertiary/aromatic N) is 1. The third-order valence-corrected chi connectivity index (χ3v) is 5.33. The maximum absolute atomic E-state index is 12.4. The number of nitrogens with one attached hydrogen (secondary N) is 1. The van der Waals surface area contributed by atoms with Crippen molar-refractivity contribution in [2.75, 3.05) is 19.6 Å². The highest BCUT2D eigenvalue weighted by molar-refractivity contribution is 6.30. The molecule has 0 aliphatic carbocycles. The number of carbonyl (C=O) groups is 2. The van der Waals surface area contributed by atoms with Crippen molar-refractivity contribution < 1.29 is 9.59 Å². The van der Waals surface area contributed by atoms with Gasteiger partial charge in [-0.1, -0.05) is 23.7 Å². The molecular weight excluding hydrogens is 312 g/mol. The maximum atomic E-state index is 12.4. The largest absolute Gasteiger partial charge is 0.356 e. The summed E-state index contributed by atoms with van der Waals surface area (Å²) in [7, 11) is 0. The van der Waals surface area contributed by atoms with Gasteiger partial charge in [0, 0.05) is 31.1 Å². The van der Waals surface area contributed by atoms with Gasteiger partial charge in [-0.05, 0) is 49.8 Å². The van der Waals surface area contributed by atoms with E-state index in [4.69, 9.17) is 11.6 Å². The van der Waals surface area contributed by atoms with Gasteiger partial charge in [-0.3, -0.25) is 9.59 Å². The fraction of sp³-hybridized carbons (Fsp3) is 0.556. The van der Waals surface area contributed by atoms with Crippen LogP contribution in [0.25, 0.3) is 0 Å². The highest BCUT2D eigenvalue weighted by Gasteiger charge is 2.46. The zero-order chi connectivity index (χ0) is 16.3. The van der Waals surface area contributed by atoms with Crippen molar-refractivity contribution in [1.29, 1.82) is 0 Å². The SMILES string of the molecule is O=C(CCCc1ccc(Cl)cc1)N1CC[C@]2(CCCNC2=O)C1. The van der Waals surface area contributed by atoms with Crippen LogP contribution in [0.15, 0.2) is 24.3 Å². The van der Waals surface area contributed by atoms with Crippen molar-refractivity contribution in [3.8, 4) is 0 Å². The summed E-state index contributed by atoms with van der Waals surface area (Å²) in [4.78, 5) is 26.4. The van der Waals surface area contributed by atoms with Crippen molar-refractivity contribution in [3.63, 3.8) is 0 Å². The molecule has 23 heavy (non-hydrogen) atoms. The zero-order valence-corrected chi connectivity index (χ0v) is 14.1. The van der Waals surface area contributed by atoms with Crippen molar-refractivity contribution in [2.24, 2.45) is 5.41 Å². The van der Waals surface area contributed by atoms with Gasteiger partial charge in [-0.25, -0.2) is 0 Å². The lowest BCUT2D eigenvalue weighted by atomic mass is 9.79. The maximum Gasteiger partial charge on any atom is 0.228 e. The van der Waals surface area contributed by atoms with Crippen LogP contribution in [0.5, 0.6) is 0 Å². The molecule has 0 aromatic heterocycles. The third kappa shape index (κ3) is 3.69. The van der Waals surface area contributed by atoms with Crippen LogP contribution in [0.1, 0.15) is 37.7 Å². The van der Waals surface area contributed by atoms with E-state index in [1.165, 1.54) is 5.56 Å². The van der Waals surface area contributed by atoms with Crippen LogP contribution >= 0.6 is 11.6 Å². The summed E-state index contributed by atoms with van der Waals surface area (Å²) in [6, 6.07) is 7.77. The molecule has 0 radical (unpaired) electrons. The Morgan fingerprint density at radius 1 is 1.26 bits per heavy atom. The normalized spacial score (nSPS) is 24.0. The number of piperidine rings is 1. The smallest absolute Gasteiger partial charge is 0.228 e. The van der Waals surface area contributed by atoms with E-state index in [-0.39, 0.29) is 17.2 Å². The van der Waals surface area contributed by atoms with Gasteiger partial charge in [-0.2, -0.15) is 0 Å². The summed E-state index contributed by atoms with van der Waals surface area (Å²) in [5.41, 5.74) is 0.885. The summed E-state index contributed by atoms with van der Waals surface area (Å²) in [5, 5.41) is 3.69. The molecule has 0 saturated carbocycles. The topological polar surface area (TPSA) is 49.4 Å². The van der Waals surface area contributed by atoms with Crippen molar-refractivity contribution in [2.45, 2.75) is 38.5 Å². The number of carbonyl (C=O) groups excluding carboxylic acids is 2. The number of halogens is 1. The average Bonchev–Trinajstić information content (AvgIpc) is 2.98. The van der Waals surface area contributed by atoms with Gasteiger partial charge in [0.15, 0.2) is 0 Å². The summed E-state index contributed by atoms with van der Waals surface area (Å²) in [5.74, 6) is 0.314. The molecule has 1 N–H and O–H groups in total. The number of benzene rings is 1. The molecule has 1 spiro atoms. The van der Waals surface area contributed by atoms with E-state index < -0.39 is 0 Å². The molecule has 2 amide bonds. The van der Waals surface area contributed by atoms with Gasteiger partial charge in [0.05, 0.1) is 5.41 Å². The average molecular weight is 335 g/mol. The summed E-state index contributed by atoms with van der Waals surface area (Å²) < 4.78 is 0. The van der Waals surface area contributed by atoms with E-state index in [0.29, 0.717) is 19.5 Å². The molecule has 1 aromatic carbocycles. The lowest BCUT2D eigenvalue weighted by molar-refractivity contribution is -0.134. The lowest BCUT2D eigenvalue weighted by Crippen LogP contribution is -2.47. The fourth-order valence-electron chi connectivity index (χ4n) is 3.66. The molecule has 124 valence electrons. The number of hydrogen-bond donors (Lipinski definition) is 1. The van der Waals surface area contributed by atoms with Gasteiger partial charge in [0.2, 0.25) is 11.8 Å². The van der Waals surface area contributed by atoms with E-state index in [2.05, 4.69) is 5.32 Å². The minimum Gasteiger partial charge on any atom is -0.356 e. The predicted octanol–water partition coefficient (Wildman–Crippen LogP) is 2.79. The Kier molecular flexibility index (Phi) is 4.90. The number of amides is 2. The van der Waals surface area contributed by atoms with E-state index in [0.717, 1.165) is 43.7 Å². The molecule has 1 atom stereocenters. The molecule has 4 nitrogen and oxygen atoms in total. The predicted molar refractivity (Wildman–Crippen MR) is 90.3 cm³/mol. The minimum atomic E-state index is -0.315. The van der Waals surface area contributed by atoms with Gasteiger partial charge >= 0.3 is 0 Å². The number of aryl methyl sites for hydroxylation is 1. The molecule has 2 fully saturated rings. The van der Waals surface area contributed by atoms with Crippen molar-refractivity contribution in [1.82, 2.24) is 10.2 Å². The Balaban J connectivity index is 1.47. The number of rotatable bonds is 4. The lowest BCUT2D eigenvalue weighted by Gasteiger charge is -2.32. The minimum absolute atomic E-state index is 0.139. The van der Waals surface area contributed by atoms with Gasteiger partial charge in [0.25, 0.3) is 0 Å². The van der Waals surface area contributed by atoms with E-state index in [1.807, 2.05) is 29.2 Å². The molecule has 2 aliphatic heterocycles. The van der Waals surface area contributed by atoms with Crippen LogP contribution in [-0.4, -0.2) is 36.3 Å². The van der Waals surface area contributed by atoms with Crippen LogP contribution in [0.4, 0.5) is 0 Å². The molecule has 3 rings (SSSR count). The monoisotopic (exact) mass is 334 g/mol. The standard InChI is InChI=1S/C18H23ClN2O2/c19-15-7-5-14(6-8-15)3-1-4-16(22)21-12-10-18(13-21)9-2-11-20-17(18)23/h5-8H,1-4,9-13H2,(H,20,23)/t18-/m1/s1. The van der Waals surface area contributed by atoms with E-state index >= 15 is 0 Å². The van der Waals surface area contributed by atoms with Crippen LogP contribution in [0.2, 0.25) is 5.02 Å². The summed E-state index contributed by atoms with van der Waals surface area (Å²) in [6.07, 6.45) is 4.98. The van der Waals surface area contributed by atoms with Gasteiger partial charge in [-0.15, -0.1) is 0 Å². The van der Waals surface area contributed by atoms with Crippen LogP contribution in [0, 0.1) is 5.41 Å². The second-order valence-electron chi connectivity index (χ2n) is 6.69. The Labute approximate surface area is 142 Å². The molecule has 2 heterocycles. The molecule has 1 aromatic rings. The molecule has 0 bridgehead atoms. The molecular formula is C18H23ClN2O2. The first kappa shape index (κ1) is 16.3. The second-order valence-corrected chi connectivity index (χ2v) is 7.12. The third-order valence-electron chi connectivity index (χ3n) is 5.08. The van der Waals surface area contributed by atoms with Crippen molar-refractivity contribution >= 4 is 23.4 Å². The van der Waals surface area contributed by atoms with Gasteiger partial charge < -0.3 is 10.2 Å². The molecule has 5 heteroatoms. The highest BCUT2D eigenvalue weighted by atomic mass is 35.5. The van der Waals surface area contributed by atoms with Crippen LogP contribution in [-0.2, 0) is 16.0 Å². The molecule has 2 aliphatic rings. The zero-order valence-electron chi connectivity index (χ0n) is 13.3. The van der Waals surface area contributed by atoms with E-state index in [1.54, 1.807) is 0 Å². The quantitative estimate of drug-likeness (QED) is 0.920. The first-order valence-electron chi connectivity index (χ1n) is 8.40. The van der Waals surface area contributed by atoms with Crippen molar-refractivity contribution in [3.05, 3.63) is 34.9 Å². The Bertz CT molecular complexity index is 587.